The van der Waals surface area contributed by atoms with Crippen LogP contribution in [0.2, 0.25) is 0 Å². The Morgan fingerprint density at radius 3 is 2.58 bits per heavy atom. The minimum absolute atomic E-state index is 0.272. The van der Waals surface area contributed by atoms with E-state index >= 15 is 0 Å². The molecule has 2 rings (SSSR count). The fraction of sp³-hybridized carbons (Fsp3) is 0.167. The molecule has 1 heterocycles. The van der Waals surface area contributed by atoms with Gasteiger partial charge in [0.15, 0.2) is 0 Å². The maximum atomic E-state index is 12.2. The number of benzene rings is 1. The number of hydrogen-bond donors (Lipinski definition) is 1. The van der Waals surface area contributed by atoms with Crippen molar-refractivity contribution in [3.8, 4) is 0 Å². The number of aryl methyl sites for hydroxylation is 1. The number of rotatable bonds is 4. The van der Waals surface area contributed by atoms with Crippen LogP contribution >= 0.6 is 43.2 Å². The highest BCUT2D eigenvalue weighted by atomic mass is 79.9. The van der Waals surface area contributed by atoms with Gasteiger partial charge in [0, 0.05) is 15.9 Å². The number of nitrogens with one attached hydrogen (secondary N) is 1. The van der Waals surface area contributed by atoms with Crippen LogP contribution in [0.4, 0.5) is 0 Å². The van der Waals surface area contributed by atoms with Crippen molar-refractivity contribution in [3.63, 3.8) is 0 Å². The second-order valence-electron chi connectivity index (χ2n) is 3.93. The zero-order valence-corrected chi connectivity index (χ0v) is 14.8. The Kier molecular flexibility index (Phi) is 4.84. The summed E-state index contributed by atoms with van der Waals surface area (Å²) >= 11 is 8.07. The molecule has 1 aromatic heterocycles. The topological polar surface area (TPSA) is 46.2 Å². The van der Waals surface area contributed by atoms with Gasteiger partial charge in [0.2, 0.25) is 10.0 Å². The second-order valence-corrected chi connectivity index (χ2v) is 9.21. The summed E-state index contributed by atoms with van der Waals surface area (Å²) in [6, 6.07) is 9.17. The van der Waals surface area contributed by atoms with Crippen LogP contribution in [0.5, 0.6) is 0 Å². The minimum atomic E-state index is -3.47. The summed E-state index contributed by atoms with van der Waals surface area (Å²) in [5.74, 6) is 0. The Morgan fingerprint density at radius 2 is 2.00 bits per heavy atom. The molecule has 0 aliphatic rings. The maximum absolute atomic E-state index is 12.2. The van der Waals surface area contributed by atoms with Crippen molar-refractivity contribution in [2.45, 2.75) is 18.4 Å². The van der Waals surface area contributed by atoms with E-state index in [1.807, 2.05) is 24.3 Å². The van der Waals surface area contributed by atoms with Crippen molar-refractivity contribution < 1.29 is 8.42 Å². The van der Waals surface area contributed by atoms with Gasteiger partial charge in [-0.2, -0.15) is 0 Å². The van der Waals surface area contributed by atoms with Crippen LogP contribution < -0.4 is 4.72 Å². The van der Waals surface area contributed by atoms with Crippen LogP contribution in [0.1, 0.15) is 10.4 Å². The predicted molar refractivity (Wildman–Crippen MR) is 84.9 cm³/mol. The van der Waals surface area contributed by atoms with Crippen molar-refractivity contribution in [1.82, 2.24) is 4.72 Å². The third-order valence-electron chi connectivity index (χ3n) is 2.49. The first kappa shape index (κ1) is 15.2. The third-order valence-corrected chi connectivity index (χ3v) is 6.19. The average molecular weight is 425 g/mol. The van der Waals surface area contributed by atoms with Gasteiger partial charge >= 0.3 is 0 Å². The molecule has 1 aromatic carbocycles. The van der Waals surface area contributed by atoms with Gasteiger partial charge < -0.3 is 0 Å². The SMILES string of the molecule is Cc1sc(Br)cc1S(=O)(=O)NCc1cccc(Br)c1. The fourth-order valence-corrected chi connectivity index (χ4v) is 5.48. The molecule has 0 amide bonds. The molecule has 0 fully saturated rings. The van der Waals surface area contributed by atoms with E-state index in [9.17, 15) is 8.42 Å². The molecule has 7 heteroatoms. The Hall–Kier alpha value is -0.210. The molecule has 19 heavy (non-hydrogen) atoms. The summed E-state index contributed by atoms with van der Waals surface area (Å²) in [7, 11) is -3.47. The van der Waals surface area contributed by atoms with Crippen molar-refractivity contribution in [2.75, 3.05) is 0 Å². The number of halogens is 2. The lowest BCUT2D eigenvalue weighted by atomic mass is 10.2. The van der Waals surface area contributed by atoms with Gasteiger partial charge in [0.05, 0.1) is 8.68 Å². The molecule has 102 valence electrons. The standard InChI is InChI=1S/C12H11Br2NO2S2/c1-8-11(6-12(14)18-8)19(16,17)15-7-9-3-2-4-10(13)5-9/h2-6,15H,7H2,1H3. The lowest BCUT2D eigenvalue weighted by Crippen LogP contribution is -2.23. The molecule has 2 aromatic rings. The van der Waals surface area contributed by atoms with Gasteiger partial charge in [-0.15, -0.1) is 11.3 Å². The number of thiophene rings is 1. The highest BCUT2D eigenvalue weighted by Gasteiger charge is 2.19. The first-order valence-corrected chi connectivity index (χ1v) is 9.27. The molecule has 0 bridgehead atoms. The monoisotopic (exact) mass is 423 g/mol. The molecule has 0 saturated carbocycles. The minimum Gasteiger partial charge on any atom is -0.207 e. The zero-order valence-electron chi connectivity index (χ0n) is 9.98. The molecule has 0 aliphatic heterocycles. The van der Waals surface area contributed by atoms with E-state index in [0.29, 0.717) is 4.90 Å². The quantitative estimate of drug-likeness (QED) is 0.804. The highest BCUT2D eigenvalue weighted by molar-refractivity contribution is 9.11. The van der Waals surface area contributed by atoms with Crippen molar-refractivity contribution in [1.29, 1.82) is 0 Å². The average Bonchev–Trinajstić information content (AvgIpc) is 2.67. The van der Waals surface area contributed by atoms with Gasteiger partial charge in [0.25, 0.3) is 0 Å². The summed E-state index contributed by atoms with van der Waals surface area (Å²) in [5, 5.41) is 0. The first-order chi connectivity index (χ1) is 8.88. The van der Waals surface area contributed by atoms with Crippen LogP contribution in [0, 0.1) is 6.92 Å². The lowest BCUT2D eigenvalue weighted by Gasteiger charge is -2.06. The molecule has 0 saturated heterocycles. The van der Waals surface area contributed by atoms with E-state index in [2.05, 4.69) is 36.6 Å². The smallest absolute Gasteiger partial charge is 0.207 e. The highest BCUT2D eigenvalue weighted by Crippen LogP contribution is 2.29. The molecule has 3 nitrogen and oxygen atoms in total. The Balaban J connectivity index is 2.16. The largest absolute Gasteiger partial charge is 0.242 e. The summed E-state index contributed by atoms with van der Waals surface area (Å²) in [6.45, 7) is 2.07. The molecule has 0 spiro atoms. The van der Waals surface area contributed by atoms with E-state index in [1.165, 1.54) is 11.3 Å². The summed E-state index contributed by atoms with van der Waals surface area (Å²) in [4.78, 5) is 1.10. The van der Waals surface area contributed by atoms with Crippen LogP contribution in [0.3, 0.4) is 0 Å². The van der Waals surface area contributed by atoms with Gasteiger partial charge in [-0.1, -0.05) is 28.1 Å². The van der Waals surface area contributed by atoms with E-state index in [4.69, 9.17) is 0 Å². The molecule has 0 atom stereocenters. The van der Waals surface area contributed by atoms with Gasteiger partial charge in [-0.05, 0) is 46.6 Å². The van der Waals surface area contributed by atoms with E-state index < -0.39 is 10.0 Å². The molecule has 0 aliphatic carbocycles. The van der Waals surface area contributed by atoms with Crippen molar-refractivity contribution >= 4 is 53.2 Å². The number of sulfonamides is 1. The second kappa shape index (κ2) is 6.05. The van der Waals surface area contributed by atoms with Gasteiger partial charge in [-0.25, -0.2) is 13.1 Å². The Labute approximate surface area is 133 Å². The first-order valence-electron chi connectivity index (χ1n) is 5.38. The van der Waals surface area contributed by atoms with Crippen LogP contribution in [-0.2, 0) is 16.6 Å². The van der Waals surface area contributed by atoms with Crippen LogP contribution in [0.15, 0.2) is 43.5 Å². The molecule has 0 unspecified atom stereocenters. The van der Waals surface area contributed by atoms with Crippen molar-refractivity contribution in [3.05, 3.63) is 49.0 Å². The van der Waals surface area contributed by atoms with Gasteiger partial charge in [0.1, 0.15) is 0 Å². The summed E-state index contributed by atoms with van der Waals surface area (Å²) in [6.07, 6.45) is 0. The lowest BCUT2D eigenvalue weighted by molar-refractivity contribution is 0.581. The zero-order chi connectivity index (χ0) is 14.0. The molecular weight excluding hydrogens is 414 g/mol. The fourth-order valence-electron chi connectivity index (χ4n) is 1.60. The Morgan fingerprint density at radius 1 is 1.26 bits per heavy atom. The molecule has 0 radical (unpaired) electrons. The number of hydrogen-bond acceptors (Lipinski definition) is 3. The van der Waals surface area contributed by atoms with E-state index in [0.717, 1.165) is 18.7 Å². The maximum Gasteiger partial charge on any atom is 0.242 e. The predicted octanol–water partition coefficient (Wildman–Crippen LogP) is 4.06. The van der Waals surface area contributed by atoms with Crippen molar-refractivity contribution in [2.24, 2.45) is 0 Å². The molecule has 1 N–H and O–H groups in total. The van der Waals surface area contributed by atoms with E-state index in [1.54, 1.807) is 13.0 Å². The van der Waals surface area contributed by atoms with Crippen LogP contribution in [-0.4, -0.2) is 8.42 Å². The van der Waals surface area contributed by atoms with E-state index in [-0.39, 0.29) is 6.54 Å². The van der Waals surface area contributed by atoms with Crippen LogP contribution in [0.25, 0.3) is 0 Å². The normalized spacial score (nSPS) is 11.7. The summed E-state index contributed by atoms with van der Waals surface area (Å²) in [5.41, 5.74) is 0.907. The van der Waals surface area contributed by atoms with Gasteiger partial charge in [-0.3, -0.25) is 0 Å². The Bertz CT molecular complexity index is 696. The third kappa shape index (κ3) is 3.88. The molecular formula is C12H11Br2NO2S2. The summed E-state index contributed by atoms with van der Waals surface area (Å²) < 4.78 is 28.7.